The van der Waals surface area contributed by atoms with Gasteiger partial charge in [-0.2, -0.15) is 0 Å². The second kappa shape index (κ2) is 7.49. The smallest absolute Gasteiger partial charge is 1.00 e. The van der Waals surface area contributed by atoms with E-state index < -0.39 is 25.0 Å². The summed E-state index contributed by atoms with van der Waals surface area (Å²) in [6.45, 7) is 16.7. The van der Waals surface area contributed by atoms with Crippen molar-refractivity contribution >= 4 is 5.97 Å². The van der Waals surface area contributed by atoms with Crippen molar-refractivity contribution in [3.63, 3.8) is 0 Å². The van der Waals surface area contributed by atoms with Crippen molar-refractivity contribution in [3.05, 3.63) is 20.6 Å². The molecule has 0 aromatic rings. The summed E-state index contributed by atoms with van der Waals surface area (Å²) in [7, 11) is 0. The molecule has 114 valence electrons. The van der Waals surface area contributed by atoms with Gasteiger partial charge in [0.2, 0.25) is 0 Å². The first-order valence-corrected chi connectivity index (χ1v) is 7.78. The first-order chi connectivity index (χ1) is 7.99. The third-order valence-electron chi connectivity index (χ3n) is 3.92. The molecule has 1 rings (SSSR count). The predicted molar refractivity (Wildman–Crippen MR) is 70.4 cm³/mol. The van der Waals surface area contributed by atoms with Crippen LogP contribution in [0.5, 0.6) is 0 Å². The maximum atomic E-state index is 11.9. The van der Waals surface area contributed by atoms with Gasteiger partial charge in [-0.3, -0.25) is 0 Å². The van der Waals surface area contributed by atoms with Crippen molar-refractivity contribution in [1.82, 2.24) is 0 Å². The molecule has 0 atom stereocenters. The molecule has 0 N–H and O–H groups in total. The monoisotopic (exact) mass is 354 g/mol. The summed E-state index contributed by atoms with van der Waals surface area (Å²) in [5.41, 5.74) is 3.76. The Kier molecular flexibility index (Phi) is 8.44. The van der Waals surface area contributed by atoms with E-state index in [1.165, 1.54) is 20.6 Å². The Hall–Kier alpha value is 0.244. The molecule has 0 fully saturated rings. The van der Waals surface area contributed by atoms with E-state index in [0.29, 0.717) is 0 Å². The average molecular weight is 355 g/mol. The van der Waals surface area contributed by atoms with Crippen molar-refractivity contribution in [2.75, 3.05) is 0 Å². The zero-order valence-electron chi connectivity index (χ0n) is 13.6. The first kappa shape index (κ1) is 22.5. The maximum absolute atomic E-state index is 11.9. The van der Waals surface area contributed by atoms with Crippen LogP contribution in [-0.4, -0.2) is 5.97 Å². The Morgan fingerprint density at radius 1 is 1.05 bits per heavy atom. The average Bonchev–Trinajstić information content (AvgIpc) is 2.37. The van der Waals surface area contributed by atoms with Crippen LogP contribution in [0.2, 0.25) is 0 Å². The van der Waals surface area contributed by atoms with Gasteiger partial charge in [0.1, 0.15) is 0 Å². The quantitative estimate of drug-likeness (QED) is 0.549. The summed E-state index contributed by atoms with van der Waals surface area (Å²) >= 11 is -0.829. The molecule has 0 spiro atoms. The Morgan fingerprint density at radius 2 is 1.50 bits per heavy atom. The Morgan fingerprint density at radius 3 is 1.80 bits per heavy atom. The second-order valence-electron chi connectivity index (χ2n) is 6.62. The second-order valence-corrected chi connectivity index (χ2v) is 8.03. The standard InChI is InChI=1S/C10H15.C5H10O2.2ClH.Ti/c1-7-6-10(4,5)9(3)8(7)2;1-5(2,3)4(6)7;;;/h1-5H3;1-3H3,(H,6,7);2*1H;/q;;;;+3/p-3. The third-order valence-corrected chi connectivity index (χ3v) is 6.25. The Bertz CT molecular complexity index is 443. The molecule has 0 amide bonds. The van der Waals surface area contributed by atoms with Crippen LogP contribution in [-0.2, 0) is 27.7 Å². The van der Waals surface area contributed by atoms with Crippen molar-refractivity contribution in [2.45, 2.75) is 55.4 Å². The van der Waals surface area contributed by atoms with Gasteiger partial charge in [-0.05, 0) is 0 Å². The van der Waals surface area contributed by atoms with Crippen molar-refractivity contribution in [1.29, 1.82) is 0 Å². The van der Waals surface area contributed by atoms with Crippen molar-refractivity contribution in [3.8, 4) is 0 Å². The zero-order valence-corrected chi connectivity index (χ0v) is 16.6. The van der Waals surface area contributed by atoms with Crippen LogP contribution < -0.4 is 24.8 Å². The van der Waals surface area contributed by atoms with Crippen LogP contribution in [0.25, 0.3) is 0 Å². The van der Waals surface area contributed by atoms with Gasteiger partial charge >= 0.3 is 120 Å². The molecular formula is C15H24Cl2O2Ti. The van der Waals surface area contributed by atoms with Crippen molar-refractivity contribution < 1.29 is 52.5 Å². The molecule has 0 saturated carbocycles. The summed E-state index contributed by atoms with van der Waals surface area (Å²) in [5.74, 6) is -0.0826. The van der Waals surface area contributed by atoms with Crippen molar-refractivity contribution in [2.24, 2.45) is 10.8 Å². The number of hydrogen-bond donors (Lipinski definition) is 0. The molecular weight excluding hydrogens is 331 g/mol. The minimum atomic E-state index is -0.829. The van der Waals surface area contributed by atoms with Gasteiger partial charge in [-0.15, -0.1) is 0 Å². The van der Waals surface area contributed by atoms with Gasteiger partial charge in [0.25, 0.3) is 0 Å². The fourth-order valence-corrected chi connectivity index (χ4v) is 4.05. The van der Waals surface area contributed by atoms with E-state index in [9.17, 15) is 4.79 Å². The van der Waals surface area contributed by atoms with Gasteiger partial charge in [-0.1, -0.05) is 0 Å². The minimum Gasteiger partial charge on any atom is -1.00 e. The van der Waals surface area contributed by atoms with Gasteiger partial charge in [0, 0.05) is 0 Å². The number of carbonyl (C=O) groups is 1. The first-order valence-electron chi connectivity index (χ1n) is 6.36. The van der Waals surface area contributed by atoms with Crippen LogP contribution in [0.15, 0.2) is 20.6 Å². The Labute approximate surface area is 145 Å². The summed E-state index contributed by atoms with van der Waals surface area (Å²) in [4.78, 5) is 11.9. The molecule has 0 saturated heterocycles. The van der Waals surface area contributed by atoms with E-state index in [2.05, 4.69) is 34.6 Å². The van der Waals surface area contributed by atoms with E-state index in [1.54, 1.807) is 0 Å². The van der Waals surface area contributed by atoms with Gasteiger partial charge < -0.3 is 24.8 Å². The molecule has 20 heavy (non-hydrogen) atoms. The topological polar surface area (TPSA) is 26.3 Å². The number of rotatable bonds is 2. The normalized spacial score (nSPS) is 17.2. The van der Waals surface area contributed by atoms with Crippen LogP contribution >= 0.6 is 0 Å². The molecule has 2 nitrogen and oxygen atoms in total. The van der Waals surface area contributed by atoms with Crippen LogP contribution in [0.3, 0.4) is 0 Å². The number of allylic oxidation sites excluding steroid dienone is 4. The molecule has 0 radical (unpaired) electrons. The molecule has 0 aliphatic heterocycles. The number of hydrogen-bond acceptors (Lipinski definition) is 2. The minimum absolute atomic E-state index is 0. The predicted octanol–water partition coefficient (Wildman–Crippen LogP) is -1.77. The zero-order chi connectivity index (χ0) is 14.3. The molecule has 5 heteroatoms. The fourth-order valence-electron chi connectivity index (χ4n) is 2.05. The van der Waals surface area contributed by atoms with E-state index in [1.807, 2.05) is 20.8 Å². The summed E-state index contributed by atoms with van der Waals surface area (Å²) in [6.07, 6.45) is 0. The molecule has 0 aromatic carbocycles. The SMILES string of the molecule is CC1=C(C)C(C)(C)[C]([Ti+2][O]C(=O)C(C)(C)C)=C1C.[Cl-].[Cl-]. The van der Waals surface area contributed by atoms with E-state index in [-0.39, 0.29) is 36.2 Å². The molecule has 1 aliphatic rings. The summed E-state index contributed by atoms with van der Waals surface area (Å²) in [6, 6.07) is 0. The van der Waals surface area contributed by atoms with Crippen LogP contribution in [0.1, 0.15) is 55.4 Å². The molecule has 0 bridgehead atoms. The van der Waals surface area contributed by atoms with Crippen LogP contribution in [0, 0.1) is 10.8 Å². The Balaban J connectivity index is 0. The third kappa shape index (κ3) is 4.37. The number of carbonyl (C=O) groups excluding carboxylic acids is 1. The molecule has 0 unspecified atom stereocenters. The van der Waals surface area contributed by atoms with E-state index >= 15 is 0 Å². The van der Waals surface area contributed by atoms with E-state index in [4.69, 9.17) is 3.32 Å². The molecule has 1 aliphatic carbocycles. The molecule has 0 heterocycles. The van der Waals surface area contributed by atoms with Gasteiger partial charge in [-0.25, -0.2) is 0 Å². The fraction of sp³-hybridized carbons (Fsp3) is 0.667. The summed E-state index contributed by atoms with van der Waals surface area (Å²) < 4.78 is 6.95. The van der Waals surface area contributed by atoms with Gasteiger partial charge in [0.15, 0.2) is 0 Å². The molecule has 0 aromatic heterocycles. The van der Waals surface area contributed by atoms with Crippen LogP contribution in [0.4, 0.5) is 0 Å². The number of halogens is 2. The van der Waals surface area contributed by atoms with E-state index in [0.717, 1.165) is 0 Å². The summed E-state index contributed by atoms with van der Waals surface area (Å²) in [5, 5.41) is 0. The largest absolute Gasteiger partial charge is 1.00 e. The van der Waals surface area contributed by atoms with Gasteiger partial charge in [0.05, 0.1) is 0 Å². The maximum Gasteiger partial charge on any atom is -1.00 e.